The van der Waals surface area contributed by atoms with Gasteiger partial charge in [-0.3, -0.25) is 0 Å². The molecule has 2 heterocycles. The Balaban J connectivity index is 1.78. The first-order chi connectivity index (χ1) is 9.93. The predicted octanol–water partition coefficient (Wildman–Crippen LogP) is 0.783. The third-order valence-corrected chi connectivity index (χ3v) is 3.92. The first kappa shape index (κ1) is 16.0. The van der Waals surface area contributed by atoms with Gasteiger partial charge in [-0.05, 0) is 26.7 Å². The quantitative estimate of drug-likeness (QED) is 0.812. The standard InChI is InChI=1S/C14H24N2O5/c1-3-20-11-5-4-6-15(7-11)13(19)16-9-14(2,10-16)21-8-12(17)18/h11H,3-10H2,1-2H3,(H,17,18). The van der Waals surface area contributed by atoms with E-state index >= 15 is 0 Å². The lowest BCUT2D eigenvalue weighted by molar-refractivity contribution is -0.160. The van der Waals surface area contributed by atoms with Gasteiger partial charge in [0.2, 0.25) is 0 Å². The molecule has 120 valence electrons. The summed E-state index contributed by atoms with van der Waals surface area (Å²) in [6.07, 6.45) is 2.08. The zero-order valence-corrected chi connectivity index (χ0v) is 12.7. The van der Waals surface area contributed by atoms with Crippen LogP contribution in [0.2, 0.25) is 0 Å². The molecule has 7 heteroatoms. The number of carbonyl (C=O) groups excluding carboxylic acids is 1. The lowest BCUT2D eigenvalue weighted by atomic mass is 9.96. The van der Waals surface area contributed by atoms with Gasteiger partial charge in [0, 0.05) is 19.7 Å². The van der Waals surface area contributed by atoms with Crippen LogP contribution in [0.4, 0.5) is 4.79 Å². The van der Waals surface area contributed by atoms with Crippen molar-refractivity contribution in [3.8, 4) is 0 Å². The maximum atomic E-state index is 12.4. The minimum atomic E-state index is -0.989. The van der Waals surface area contributed by atoms with E-state index in [1.807, 2.05) is 18.7 Å². The van der Waals surface area contributed by atoms with Gasteiger partial charge in [-0.2, -0.15) is 0 Å². The highest BCUT2D eigenvalue weighted by Gasteiger charge is 2.44. The Morgan fingerprint density at radius 2 is 2.05 bits per heavy atom. The van der Waals surface area contributed by atoms with Crippen LogP contribution in [0.1, 0.15) is 26.7 Å². The van der Waals surface area contributed by atoms with Gasteiger partial charge >= 0.3 is 12.0 Å². The fraction of sp³-hybridized carbons (Fsp3) is 0.857. The molecule has 0 aliphatic carbocycles. The van der Waals surface area contributed by atoms with Crippen LogP contribution in [-0.4, -0.2) is 78.0 Å². The van der Waals surface area contributed by atoms with Gasteiger partial charge < -0.3 is 24.4 Å². The fourth-order valence-electron chi connectivity index (χ4n) is 2.91. The molecule has 0 bridgehead atoms. The SMILES string of the molecule is CCOC1CCCN(C(=O)N2CC(C)(OCC(=O)O)C2)C1. The predicted molar refractivity (Wildman–Crippen MR) is 75.2 cm³/mol. The molecule has 1 atom stereocenters. The summed E-state index contributed by atoms with van der Waals surface area (Å²) < 4.78 is 10.9. The molecule has 2 saturated heterocycles. The van der Waals surface area contributed by atoms with E-state index in [4.69, 9.17) is 14.6 Å². The molecule has 2 aliphatic rings. The summed E-state index contributed by atoms with van der Waals surface area (Å²) in [7, 11) is 0. The maximum absolute atomic E-state index is 12.4. The van der Waals surface area contributed by atoms with Crippen molar-refractivity contribution < 1.29 is 24.2 Å². The van der Waals surface area contributed by atoms with Crippen molar-refractivity contribution in [2.75, 3.05) is 39.4 Å². The number of carbonyl (C=O) groups is 2. The number of hydrogen-bond donors (Lipinski definition) is 1. The number of aliphatic carboxylic acids is 1. The van der Waals surface area contributed by atoms with Crippen molar-refractivity contribution in [2.24, 2.45) is 0 Å². The van der Waals surface area contributed by atoms with E-state index in [0.717, 1.165) is 19.4 Å². The van der Waals surface area contributed by atoms with E-state index in [2.05, 4.69) is 0 Å². The smallest absolute Gasteiger partial charge is 0.329 e. The minimum Gasteiger partial charge on any atom is -0.480 e. The second-order valence-corrected chi connectivity index (χ2v) is 5.94. The van der Waals surface area contributed by atoms with Gasteiger partial charge in [0.1, 0.15) is 12.2 Å². The molecule has 21 heavy (non-hydrogen) atoms. The number of urea groups is 1. The second kappa shape index (κ2) is 6.62. The Kier molecular flexibility index (Phi) is 5.05. The number of ether oxygens (including phenoxy) is 2. The number of carboxylic acids is 1. The molecule has 0 radical (unpaired) electrons. The minimum absolute atomic E-state index is 0.00389. The molecule has 0 aromatic heterocycles. The molecule has 2 aliphatic heterocycles. The fourth-order valence-corrected chi connectivity index (χ4v) is 2.91. The van der Waals surface area contributed by atoms with Crippen LogP contribution in [-0.2, 0) is 14.3 Å². The molecule has 2 rings (SSSR count). The third kappa shape index (κ3) is 4.07. The van der Waals surface area contributed by atoms with Gasteiger partial charge in [0.05, 0.1) is 19.2 Å². The topological polar surface area (TPSA) is 79.3 Å². The number of likely N-dealkylation sites (tertiary alicyclic amines) is 2. The van der Waals surface area contributed by atoms with E-state index in [9.17, 15) is 9.59 Å². The maximum Gasteiger partial charge on any atom is 0.329 e. The molecule has 1 unspecified atom stereocenters. The Bertz CT molecular complexity index is 393. The van der Waals surface area contributed by atoms with Crippen LogP contribution < -0.4 is 0 Å². The summed E-state index contributed by atoms with van der Waals surface area (Å²) in [6, 6.07) is -0.00389. The van der Waals surface area contributed by atoms with Crippen molar-refractivity contribution >= 4 is 12.0 Å². The van der Waals surface area contributed by atoms with Crippen molar-refractivity contribution in [1.29, 1.82) is 0 Å². The highest BCUT2D eigenvalue weighted by Crippen LogP contribution is 2.26. The van der Waals surface area contributed by atoms with E-state index in [1.165, 1.54) is 0 Å². The Labute approximate surface area is 124 Å². The van der Waals surface area contributed by atoms with E-state index < -0.39 is 11.6 Å². The summed E-state index contributed by atoms with van der Waals surface area (Å²) in [5.41, 5.74) is -0.539. The van der Waals surface area contributed by atoms with Crippen LogP contribution >= 0.6 is 0 Å². The first-order valence-corrected chi connectivity index (χ1v) is 7.45. The lowest BCUT2D eigenvalue weighted by Gasteiger charge is -2.49. The van der Waals surface area contributed by atoms with Crippen molar-refractivity contribution in [1.82, 2.24) is 9.80 Å². The molecular weight excluding hydrogens is 276 g/mol. The molecule has 7 nitrogen and oxygen atoms in total. The molecule has 1 N–H and O–H groups in total. The van der Waals surface area contributed by atoms with Gasteiger partial charge in [0.15, 0.2) is 0 Å². The van der Waals surface area contributed by atoms with Crippen LogP contribution in [0.3, 0.4) is 0 Å². The Hall–Kier alpha value is -1.34. The summed E-state index contributed by atoms with van der Waals surface area (Å²) in [4.78, 5) is 26.4. The summed E-state index contributed by atoms with van der Waals surface area (Å²) in [6.45, 7) is 6.40. The molecule has 2 fully saturated rings. The monoisotopic (exact) mass is 300 g/mol. The molecular formula is C14H24N2O5. The van der Waals surface area contributed by atoms with Crippen molar-refractivity contribution in [2.45, 2.75) is 38.4 Å². The normalized spacial score (nSPS) is 24.6. The highest BCUT2D eigenvalue weighted by atomic mass is 16.5. The van der Waals surface area contributed by atoms with Gasteiger partial charge in [-0.1, -0.05) is 0 Å². The number of piperidine rings is 1. The van der Waals surface area contributed by atoms with Crippen LogP contribution in [0.25, 0.3) is 0 Å². The zero-order valence-electron chi connectivity index (χ0n) is 12.7. The van der Waals surface area contributed by atoms with E-state index in [-0.39, 0.29) is 18.7 Å². The zero-order chi connectivity index (χ0) is 15.5. The Morgan fingerprint density at radius 3 is 2.67 bits per heavy atom. The highest BCUT2D eigenvalue weighted by molar-refractivity contribution is 5.76. The molecule has 0 aromatic rings. The van der Waals surface area contributed by atoms with Gasteiger partial charge in [-0.15, -0.1) is 0 Å². The van der Waals surface area contributed by atoms with E-state index in [1.54, 1.807) is 4.90 Å². The second-order valence-electron chi connectivity index (χ2n) is 5.94. The van der Waals surface area contributed by atoms with Crippen LogP contribution in [0, 0.1) is 0 Å². The van der Waals surface area contributed by atoms with E-state index in [0.29, 0.717) is 26.2 Å². The van der Waals surface area contributed by atoms with Crippen molar-refractivity contribution in [3.05, 3.63) is 0 Å². The number of hydrogen-bond acceptors (Lipinski definition) is 4. The number of carboxylic acid groups (broad SMARTS) is 1. The number of rotatable bonds is 5. The molecule has 0 aromatic carbocycles. The summed E-state index contributed by atoms with van der Waals surface area (Å²) >= 11 is 0. The van der Waals surface area contributed by atoms with Gasteiger partial charge in [0.25, 0.3) is 0 Å². The molecule has 2 amide bonds. The largest absolute Gasteiger partial charge is 0.480 e. The summed E-state index contributed by atoms with van der Waals surface area (Å²) in [5, 5.41) is 8.63. The van der Waals surface area contributed by atoms with Gasteiger partial charge in [-0.25, -0.2) is 9.59 Å². The average Bonchev–Trinajstić information content (AvgIpc) is 2.42. The third-order valence-electron chi connectivity index (χ3n) is 3.92. The van der Waals surface area contributed by atoms with Crippen molar-refractivity contribution in [3.63, 3.8) is 0 Å². The number of amides is 2. The first-order valence-electron chi connectivity index (χ1n) is 7.45. The molecule has 0 spiro atoms. The molecule has 0 saturated carbocycles. The average molecular weight is 300 g/mol. The number of nitrogens with zero attached hydrogens (tertiary/aromatic N) is 2. The van der Waals surface area contributed by atoms with Crippen LogP contribution in [0.5, 0.6) is 0 Å². The summed E-state index contributed by atoms with van der Waals surface area (Å²) in [5.74, 6) is -0.989. The van der Waals surface area contributed by atoms with Crippen LogP contribution in [0.15, 0.2) is 0 Å². The Morgan fingerprint density at radius 1 is 1.33 bits per heavy atom. The lowest BCUT2D eigenvalue weighted by Crippen LogP contribution is -2.66.